The van der Waals surface area contributed by atoms with Crippen molar-refractivity contribution in [3.63, 3.8) is 0 Å². The van der Waals surface area contributed by atoms with Gasteiger partial charge in [0.2, 0.25) is 5.91 Å². The van der Waals surface area contributed by atoms with E-state index in [9.17, 15) is 19.7 Å². The Hall–Kier alpha value is -4.32. The number of nitro benzene ring substituents is 1. The molecule has 0 fully saturated rings. The van der Waals surface area contributed by atoms with Gasteiger partial charge in [-0.15, -0.1) is 34.4 Å². The lowest BCUT2D eigenvalue weighted by molar-refractivity contribution is -0.384. The zero-order chi connectivity index (χ0) is 27.2. The van der Waals surface area contributed by atoms with E-state index in [0.717, 1.165) is 10.5 Å². The molecule has 1 unspecified atom stereocenters. The summed E-state index contributed by atoms with van der Waals surface area (Å²) in [6.45, 7) is 0. The number of benzene rings is 3. The molecule has 8 nitrogen and oxygen atoms in total. The number of thiazole rings is 1. The van der Waals surface area contributed by atoms with Crippen LogP contribution in [0.4, 0.5) is 16.5 Å². The van der Waals surface area contributed by atoms with Crippen LogP contribution in [0.15, 0.2) is 107 Å². The first kappa shape index (κ1) is 26.3. The van der Waals surface area contributed by atoms with Gasteiger partial charge in [-0.2, -0.15) is 0 Å². The van der Waals surface area contributed by atoms with Crippen molar-refractivity contribution < 1.29 is 14.5 Å². The molecule has 0 saturated heterocycles. The summed E-state index contributed by atoms with van der Waals surface area (Å²) in [5.74, 6) is -0.452. The highest BCUT2D eigenvalue weighted by Gasteiger charge is 2.24. The highest BCUT2D eigenvalue weighted by Crippen LogP contribution is 2.38. The molecule has 1 atom stereocenters. The van der Waals surface area contributed by atoms with Crippen molar-refractivity contribution in [1.82, 2.24) is 4.98 Å². The Labute approximate surface area is 235 Å². The second kappa shape index (κ2) is 12.0. The summed E-state index contributed by atoms with van der Waals surface area (Å²) in [6, 6.07) is 26.6. The van der Waals surface area contributed by atoms with Gasteiger partial charge in [-0.3, -0.25) is 19.7 Å². The largest absolute Gasteiger partial charge is 0.321 e. The van der Waals surface area contributed by atoms with Crippen molar-refractivity contribution in [2.45, 2.75) is 10.1 Å². The molecule has 2 N–H and O–H groups in total. The number of nitrogens with zero attached hydrogens (tertiary/aromatic N) is 2. The van der Waals surface area contributed by atoms with E-state index in [0.29, 0.717) is 27.0 Å². The average molecular weight is 573 g/mol. The molecule has 3 aromatic carbocycles. The number of thioether (sulfide) groups is 1. The van der Waals surface area contributed by atoms with E-state index in [2.05, 4.69) is 15.6 Å². The topological polar surface area (TPSA) is 114 Å². The van der Waals surface area contributed by atoms with E-state index in [1.165, 1.54) is 46.6 Å². The Kier molecular flexibility index (Phi) is 8.11. The number of hydrogen-bond donors (Lipinski definition) is 2. The molecule has 2 amide bonds. The summed E-state index contributed by atoms with van der Waals surface area (Å²) >= 11 is 3.97. The number of rotatable bonds is 9. The van der Waals surface area contributed by atoms with Gasteiger partial charge >= 0.3 is 0 Å². The van der Waals surface area contributed by atoms with Crippen LogP contribution in [0.25, 0.3) is 11.3 Å². The normalized spacial score (nSPS) is 11.5. The number of thiophene rings is 1. The number of carbonyl (C=O) groups excluding carboxylic acids is 2. The van der Waals surface area contributed by atoms with Gasteiger partial charge in [0.1, 0.15) is 5.25 Å². The summed E-state index contributed by atoms with van der Waals surface area (Å²) in [6.07, 6.45) is 0. The van der Waals surface area contributed by atoms with E-state index in [-0.39, 0.29) is 17.5 Å². The maximum absolute atomic E-state index is 13.5. The number of nitro groups is 1. The lowest BCUT2D eigenvalue weighted by atomic mass is 10.1. The van der Waals surface area contributed by atoms with E-state index < -0.39 is 10.2 Å². The second-order valence-electron chi connectivity index (χ2n) is 8.20. The van der Waals surface area contributed by atoms with E-state index in [4.69, 9.17) is 0 Å². The van der Waals surface area contributed by atoms with E-state index in [1.807, 2.05) is 60.0 Å². The highest BCUT2D eigenvalue weighted by atomic mass is 32.2. The van der Waals surface area contributed by atoms with Gasteiger partial charge in [-0.05, 0) is 35.2 Å². The van der Waals surface area contributed by atoms with Crippen molar-refractivity contribution in [2.24, 2.45) is 0 Å². The number of anilines is 2. The molecular formula is C28H20N4O4S3. The molecule has 0 radical (unpaired) electrons. The third-order valence-corrected chi connectivity index (χ3v) is 8.39. The first-order valence-corrected chi connectivity index (χ1v) is 14.3. The minimum atomic E-state index is -0.598. The van der Waals surface area contributed by atoms with Gasteiger partial charge in [-0.25, -0.2) is 4.98 Å². The maximum Gasteiger partial charge on any atom is 0.270 e. The summed E-state index contributed by atoms with van der Waals surface area (Å²) in [5, 5.41) is 20.3. The number of nitrogens with one attached hydrogen (secondary N) is 2. The minimum Gasteiger partial charge on any atom is -0.321 e. The Morgan fingerprint density at radius 1 is 0.897 bits per heavy atom. The van der Waals surface area contributed by atoms with E-state index >= 15 is 0 Å². The van der Waals surface area contributed by atoms with Crippen LogP contribution < -0.4 is 10.6 Å². The maximum atomic E-state index is 13.5. The Morgan fingerprint density at radius 2 is 1.72 bits per heavy atom. The quantitative estimate of drug-likeness (QED) is 0.107. The Bertz CT molecular complexity index is 1620. The third kappa shape index (κ3) is 6.58. The van der Waals surface area contributed by atoms with Crippen molar-refractivity contribution in [1.29, 1.82) is 0 Å². The van der Waals surface area contributed by atoms with Crippen LogP contribution in [0.3, 0.4) is 0 Å². The average Bonchev–Trinajstić information content (AvgIpc) is 3.66. The summed E-state index contributed by atoms with van der Waals surface area (Å²) < 4.78 is 0. The molecule has 5 aromatic rings. The molecule has 2 aromatic heterocycles. The molecular weight excluding hydrogens is 553 g/mol. The molecule has 0 aliphatic heterocycles. The standard InChI is InChI=1S/C28H20N4O4S3/c33-26(24-13-6-14-37-24)29-20-10-5-12-22(16-20)39-25(18-7-2-1-3-8-18)27(34)31-28-30-23(17-38-28)19-9-4-11-21(15-19)32(35)36/h1-17,25H,(H,29,33)(H,30,31,34). The molecule has 0 spiro atoms. The summed E-state index contributed by atoms with van der Waals surface area (Å²) in [4.78, 5) is 42.6. The third-order valence-electron chi connectivity index (χ3n) is 5.52. The van der Waals surface area contributed by atoms with Crippen LogP contribution in [0.1, 0.15) is 20.5 Å². The smallest absolute Gasteiger partial charge is 0.270 e. The van der Waals surface area contributed by atoms with Gasteiger partial charge in [-0.1, -0.05) is 54.6 Å². The molecule has 39 heavy (non-hydrogen) atoms. The molecule has 11 heteroatoms. The zero-order valence-corrected chi connectivity index (χ0v) is 22.6. The fourth-order valence-electron chi connectivity index (χ4n) is 3.70. The van der Waals surface area contributed by atoms with Gasteiger partial charge in [0.25, 0.3) is 11.6 Å². The molecule has 0 aliphatic carbocycles. The van der Waals surface area contributed by atoms with Crippen LogP contribution in [0.5, 0.6) is 0 Å². The second-order valence-corrected chi connectivity index (χ2v) is 11.2. The number of aromatic nitrogens is 1. The predicted octanol–water partition coefficient (Wildman–Crippen LogP) is 7.50. The van der Waals surface area contributed by atoms with Crippen LogP contribution in [0.2, 0.25) is 0 Å². The predicted molar refractivity (Wildman–Crippen MR) is 157 cm³/mol. The van der Waals surface area contributed by atoms with Gasteiger partial charge in [0.05, 0.1) is 15.5 Å². The van der Waals surface area contributed by atoms with Crippen LogP contribution in [0, 0.1) is 10.1 Å². The molecule has 194 valence electrons. The molecule has 0 aliphatic rings. The molecule has 0 bridgehead atoms. The van der Waals surface area contributed by atoms with E-state index in [1.54, 1.807) is 29.6 Å². The minimum absolute atomic E-state index is 0.0274. The molecule has 0 saturated carbocycles. The molecule has 2 heterocycles. The highest BCUT2D eigenvalue weighted by molar-refractivity contribution is 8.00. The van der Waals surface area contributed by atoms with Crippen molar-refractivity contribution in [2.75, 3.05) is 10.6 Å². The fourth-order valence-corrected chi connectivity index (χ4v) is 6.12. The number of non-ortho nitro benzene ring substituents is 1. The number of hydrogen-bond acceptors (Lipinski definition) is 8. The first-order chi connectivity index (χ1) is 19.0. The molecule has 5 rings (SSSR count). The summed E-state index contributed by atoms with van der Waals surface area (Å²) in [7, 11) is 0. The van der Waals surface area contributed by atoms with Gasteiger partial charge in [0, 0.05) is 33.7 Å². The fraction of sp³-hybridized carbons (Fsp3) is 0.0357. The van der Waals surface area contributed by atoms with Crippen LogP contribution >= 0.6 is 34.4 Å². The Morgan fingerprint density at radius 3 is 2.49 bits per heavy atom. The van der Waals surface area contributed by atoms with Crippen molar-refractivity contribution in [3.05, 3.63) is 122 Å². The van der Waals surface area contributed by atoms with Gasteiger partial charge < -0.3 is 10.6 Å². The summed E-state index contributed by atoms with van der Waals surface area (Å²) in [5.41, 5.74) is 2.55. The zero-order valence-electron chi connectivity index (χ0n) is 20.1. The first-order valence-electron chi connectivity index (χ1n) is 11.6. The number of carbonyl (C=O) groups is 2. The SMILES string of the molecule is O=C(Nc1cccc(SC(C(=O)Nc2nc(-c3cccc([N+](=O)[O-])c3)cs2)c2ccccc2)c1)c1cccs1. The van der Waals surface area contributed by atoms with Gasteiger partial charge in [0.15, 0.2) is 5.13 Å². The van der Waals surface area contributed by atoms with Crippen molar-refractivity contribution >= 4 is 62.8 Å². The van der Waals surface area contributed by atoms with Crippen molar-refractivity contribution in [3.8, 4) is 11.3 Å². The van der Waals surface area contributed by atoms with Crippen LogP contribution in [-0.4, -0.2) is 21.7 Å². The number of amides is 2. The monoisotopic (exact) mass is 572 g/mol. The lowest BCUT2D eigenvalue weighted by Gasteiger charge is -2.17. The Balaban J connectivity index is 1.34. The lowest BCUT2D eigenvalue weighted by Crippen LogP contribution is -2.19. The van der Waals surface area contributed by atoms with Crippen LogP contribution in [-0.2, 0) is 4.79 Å².